The second-order valence-electron chi connectivity index (χ2n) is 11.0. The van der Waals surface area contributed by atoms with Crippen molar-refractivity contribution < 1.29 is 18.0 Å². The van der Waals surface area contributed by atoms with Crippen LogP contribution in [0.1, 0.15) is 68.8 Å². The van der Waals surface area contributed by atoms with Crippen molar-refractivity contribution >= 4 is 16.9 Å². The second kappa shape index (κ2) is 6.97. The van der Waals surface area contributed by atoms with Crippen molar-refractivity contribution in [3.05, 3.63) is 29.6 Å². The highest BCUT2D eigenvalue weighted by Gasteiger charge is 2.55. The second-order valence-corrected chi connectivity index (χ2v) is 11.0. The molecule has 2 heterocycles. The van der Waals surface area contributed by atoms with Crippen molar-refractivity contribution in [2.24, 2.45) is 23.2 Å². The summed E-state index contributed by atoms with van der Waals surface area (Å²) in [6.07, 6.45) is 4.54. The van der Waals surface area contributed by atoms with E-state index >= 15 is 0 Å². The van der Waals surface area contributed by atoms with Crippen LogP contribution in [0, 0.1) is 30.1 Å². The Balaban J connectivity index is 1.19. The number of aryl methyl sites for hydroxylation is 1. The maximum absolute atomic E-state index is 13.7. The number of piperidine rings is 1. The topological polar surface area (TPSA) is 38.1 Å². The zero-order chi connectivity index (χ0) is 22.3. The molecule has 2 aromatic rings. The third-order valence-electron chi connectivity index (χ3n) is 8.80. The number of imidazole rings is 1. The summed E-state index contributed by atoms with van der Waals surface area (Å²) >= 11 is 0. The Morgan fingerprint density at radius 1 is 1.03 bits per heavy atom. The van der Waals surface area contributed by atoms with Crippen molar-refractivity contribution in [3.8, 4) is 0 Å². The van der Waals surface area contributed by atoms with Crippen molar-refractivity contribution in [2.45, 2.75) is 70.5 Å². The van der Waals surface area contributed by atoms with E-state index in [1.165, 1.54) is 19.3 Å². The molecule has 1 aromatic carbocycles. The van der Waals surface area contributed by atoms with E-state index in [2.05, 4.69) is 14.5 Å². The molecule has 1 amide bonds. The predicted octanol–water partition coefficient (Wildman–Crippen LogP) is 5.74. The van der Waals surface area contributed by atoms with Crippen LogP contribution in [0.25, 0.3) is 11.0 Å². The van der Waals surface area contributed by atoms with E-state index in [-0.39, 0.29) is 11.5 Å². The Labute approximate surface area is 186 Å². The zero-order valence-electron chi connectivity index (χ0n) is 18.5. The SMILES string of the molecule is Cc1nc2cc(C(F)(F)F)ccc2n1C1CCN(C(=O)C23CC4CC(CC(C4)C2)C3)CC1. The Hall–Kier alpha value is -2.05. The lowest BCUT2D eigenvalue weighted by Gasteiger charge is -2.57. The van der Waals surface area contributed by atoms with E-state index in [4.69, 9.17) is 0 Å². The number of rotatable bonds is 2. The third-order valence-corrected chi connectivity index (χ3v) is 8.80. The molecule has 0 spiro atoms. The number of benzene rings is 1. The molecule has 0 N–H and O–H groups in total. The molecule has 5 aliphatic rings. The Morgan fingerprint density at radius 3 is 2.19 bits per heavy atom. The van der Waals surface area contributed by atoms with Gasteiger partial charge in [0, 0.05) is 19.1 Å². The van der Waals surface area contributed by atoms with Gasteiger partial charge in [0.1, 0.15) is 5.82 Å². The quantitative estimate of drug-likeness (QED) is 0.591. The van der Waals surface area contributed by atoms with Gasteiger partial charge in [0.2, 0.25) is 5.91 Å². The Morgan fingerprint density at radius 2 is 1.62 bits per heavy atom. The molecule has 0 radical (unpaired) electrons. The number of likely N-dealkylation sites (tertiary alicyclic amines) is 1. The van der Waals surface area contributed by atoms with Crippen molar-refractivity contribution in [1.82, 2.24) is 14.5 Å². The molecule has 4 aliphatic carbocycles. The molecule has 0 unspecified atom stereocenters. The molecule has 32 heavy (non-hydrogen) atoms. The lowest BCUT2D eigenvalue weighted by Crippen LogP contribution is -2.55. The molecule has 4 bridgehead atoms. The summed E-state index contributed by atoms with van der Waals surface area (Å²) in [5.41, 5.74) is 0.379. The van der Waals surface area contributed by atoms with Gasteiger partial charge < -0.3 is 9.47 Å². The maximum Gasteiger partial charge on any atom is 0.416 e. The molecule has 172 valence electrons. The lowest BCUT2D eigenvalue weighted by molar-refractivity contribution is -0.159. The summed E-state index contributed by atoms with van der Waals surface area (Å²) in [5.74, 6) is 3.39. The molecule has 0 atom stereocenters. The normalized spacial score (nSPS) is 32.8. The summed E-state index contributed by atoms with van der Waals surface area (Å²) in [6.45, 7) is 3.32. The molecule has 1 saturated heterocycles. The fourth-order valence-electron chi connectivity index (χ4n) is 7.89. The fraction of sp³-hybridized carbons (Fsp3) is 0.680. The van der Waals surface area contributed by atoms with Gasteiger partial charge in [-0.3, -0.25) is 4.79 Å². The minimum absolute atomic E-state index is 0.104. The van der Waals surface area contributed by atoms with Crippen LogP contribution in [-0.4, -0.2) is 33.4 Å². The van der Waals surface area contributed by atoms with Crippen LogP contribution < -0.4 is 0 Å². The summed E-state index contributed by atoms with van der Waals surface area (Å²) in [4.78, 5) is 20.2. The minimum atomic E-state index is -4.37. The first kappa shape index (κ1) is 20.5. The van der Waals surface area contributed by atoms with Gasteiger partial charge in [-0.2, -0.15) is 13.2 Å². The van der Waals surface area contributed by atoms with E-state index in [0.717, 1.165) is 86.4 Å². The van der Waals surface area contributed by atoms with Crippen LogP contribution in [0.15, 0.2) is 18.2 Å². The van der Waals surface area contributed by atoms with Gasteiger partial charge >= 0.3 is 6.18 Å². The first-order valence-electron chi connectivity index (χ1n) is 12.1. The van der Waals surface area contributed by atoms with Gasteiger partial charge in [0.05, 0.1) is 22.0 Å². The van der Waals surface area contributed by atoms with Gasteiger partial charge in [-0.25, -0.2) is 4.98 Å². The highest BCUT2D eigenvalue weighted by Crippen LogP contribution is 2.60. The van der Waals surface area contributed by atoms with Crippen LogP contribution in [0.3, 0.4) is 0 Å². The maximum atomic E-state index is 13.7. The highest BCUT2D eigenvalue weighted by molar-refractivity contribution is 5.83. The molecular weight excluding hydrogens is 415 g/mol. The van der Waals surface area contributed by atoms with Crippen LogP contribution in [0.4, 0.5) is 13.2 Å². The Kier molecular flexibility index (Phi) is 4.48. The first-order valence-corrected chi connectivity index (χ1v) is 12.1. The van der Waals surface area contributed by atoms with E-state index in [9.17, 15) is 18.0 Å². The standard InChI is InChI=1S/C25H30F3N3O/c1-15-29-21-11-19(25(26,27)28)2-3-22(21)31(15)20-4-6-30(7-5-20)23(32)24-12-16-8-17(13-24)10-18(9-16)14-24/h2-3,11,16-18,20H,4-10,12-14H2,1H3. The van der Waals surface area contributed by atoms with Crippen molar-refractivity contribution in [1.29, 1.82) is 0 Å². The smallest absolute Gasteiger partial charge is 0.342 e. The average molecular weight is 446 g/mol. The number of halogens is 3. The molecule has 1 aliphatic heterocycles. The number of nitrogens with zero attached hydrogens (tertiary/aromatic N) is 3. The van der Waals surface area contributed by atoms with Gasteiger partial charge in [0.25, 0.3) is 0 Å². The minimum Gasteiger partial charge on any atom is -0.342 e. The molecular formula is C25H30F3N3O. The largest absolute Gasteiger partial charge is 0.416 e. The molecule has 7 heteroatoms. The summed E-state index contributed by atoms with van der Waals surface area (Å²) < 4.78 is 41.4. The van der Waals surface area contributed by atoms with Crippen molar-refractivity contribution in [2.75, 3.05) is 13.1 Å². The van der Waals surface area contributed by atoms with Gasteiger partial charge in [-0.15, -0.1) is 0 Å². The number of carbonyl (C=O) groups is 1. The van der Waals surface area contributed by atoms with Crippen molar-refractivity contribution in [3.63, 3.8) is 0 Å². The monoisotopic (exact) mass is 445 g/mol. The fourth-order valence-corrected chi connectivity index (χ4v) is 7.89. The van der Waals surface area contributed by atoms with E-state index in [1.807, 2.05) is 6.92 Å². The predicted molar refractivity (Wildman–Crippen MR) is 115 cm³/mol. The van der Waals surface area contributed by atoms with E-state index in [0.29, 0.717) is 11.4 Å². The average Bonchev–Trinajstić information content (AvgIpc) is 3.06. The van der Waals surface area contributed by atoms with Gasteiger partial charge in [-0.05, 0) is 94.2 Å². The zero-order valence-corrected chi connectivity index (χ0v) is 18.5. The van der Waals surface area contributed by atoms with Gasteiger partial charge in [-0.1, -0.05) is 0 Å². The molecule has 7 rings (SSSR count). The number of amides is 1. The van der Waals surface area contributed by atoms with Crippen LogP contribution in [0.5, 0.6) is 0 Å². The van der Waals surface area contributed by atoms with Crippen LogP contribution >= 0.6 is 0 Å². The lowest BCUT2D eigenvalue weighted by atomic mass is 9.49. The summed E-state index contributed by atoms with van der Waals surface area (Å²) in [5, 5.41) is 0. The van der Waals surface area contributed by atoms with Crippen LogP contribution in [-0.2, 0) is 11.0 Å². The van der Waals surface area contributed by atoms with Crippen LogP contribution in [0.2, 0.25) is 0 Å². The molecule has 4 saturated carbocycles. The number of carbonyl (C=O) groups excluding carboxylic acids is 1. The number of hydrogen-bond acceptors (Lipinski definition) is 2. The Bertz CT molecular complexity index is 1030. The van der Waals surface area contributed by atoms with E-state index in [1.54, 1.807) is 6.07 Å². The molecule has 5 fully saturated rings. The van der Waals surface area contributed by atoms with E-state index < -0.39 is 11.7 Å². The third kappa shape index (κ3) is 3.18. The number of aromatic nitrogens is 2. The van der Waals surface area contributed by atoms with Gasteiger partial charge in [0.15, 0.2) is 0 Å². The summed E-state index contributed by atoms with van der Waals surface area (Å²) in [7, 11) is 0. The molecule has 1 aromatic heterocycles. The number of alkyl halides is 3. The number of fused-ring (bicyclic) bond motifs is 1. The number of hydrogen-bond donors (Lipinski definition) is 0. The summed E-state index contributed by atoms with van der Waals surface area (Å²) in [6, 6.07) is 4.00. The molecule has 4 nitrogen and oxygen atoms in total. The highest BCUT2D eigenvalue weighted by atomic mass is 19.4. The first-order chi connectivity index (χ1) is 15.2.